The molecule has 2 aliphatic rings. The van der Waals surface area contributed by atoms with Crippen molar-refractivity contribution in [3.05, 3.63) is 16.3 Å². The summed E-state index contributed by atoms with van der Waals surface area (Å²) >= 11 is 0. The van der Waals surface area contributed by atoms with Crippen LogP contribution in [-0.4, -0.2) is 27.8 Å². The topological polar surface area (TPSA) is 64.2 Å². The van der Waals surface area contributed by atoms with Crippen molar-refractivity contribution in [3.8, 4) is 0 Å². The van der Waals surface area contributed by atoms with Crippen molar-refractivity contribution in [2.75, 3.05) is 18.0 Å². The molecule has 2 heterocycles. The maximum absolute atomic E-state index is 11.1. The van der Waals surface area contributed by atoms with Crippen molar-refractivity contribution in [2.45, 2.75) is 44.6 Å². The molecule has 0 N–H and O–H groups in total. The summed E-state index contributed by atoms with van der Waals surface area (Å²) < 4.78 is 1.88. The first kappa shape index (κ1) is 11.5. The van der Waals surface area contributed by atoms with Gasteiger partial charge in [0.25, 0.3) is 0 Å². The molecule has 0 radical (unpaired) electrons. The molecule has 0 unspecified atom stereocenters. The Morgan fingerprint density at radius 2 is 1.89 bits per heavy atom. The number of anilines is 1. The predicted octanol–water partition coefficient (Wildman–Crippen LogP) is 2.51. The maximum Gasteiger partial charge on any atom is 0.331 e. The van der Waals surface area contributed by atoms with Crippen molar-refractivity contribution in [2.24, 2.45) is 0 Å². The van der Waals surface area contributed by atoms with E-state index in [9.17, 15) is 10.1 Å². The van der Waals surface area contributed by atoms with E-state index in [2.05, 4.69) is 10.00 Å². The second-order valence-corrected chi connectivity index (χ2v) is 5.19. The molecule has 0 aromatic carbocycles. The van der Waals surface area contributed by atoms with Gasteiger partial charge in [-0.05, 0) is 25.7 Å². The lowest BCUT2D eigenvalue weighted by Gasteiger charge is -2.22. The number of rotatable bonds is 3. The minimum absolute atomic E-state index is 0.170. The molecule has 1 saturated carbocycles. The van der Waals surface area contributed by atoms with Gasteiger partial charge in [-0.25, -0.2) is 4.68 Å². The van der Waals surface area contributed by atoms with Crippen LogP contribution in [0, 0.1) is 10.1 Å². The van der Waals surface area contributed by atoms with E-state index >= 15 is 0 Å². The van der Waals surface area contributed by atoms with Crippen molar-refractivity contribution >= 4 is 11.5 Å². The van der Waals surface area contributed by atoms with Gasteiger partial charge in [-0.3, -0.25) is 10.1 Å². The molecular formula is C12H18N4O2. The minimum Gasteiger partial charge on any atom is -0.351 e. The fraction of sp³-hybridized carbons (Fsp3) is 0.750. The van der Waals surface area contributed by atoms with Crippen LogP contribution in [0.5, 0.6) is 0 Å². The van der Waals surface area contributed by atoms with E-state index in [0.717, 1.165) is 44.6 Å². The van der Waals surface area contributed by atoms with Crippen LogP contribution in [0.15, 0.2) is 6.20 Å². The van der Waals surface area contributed by atoms with Crippen molar-refractivity contribution < 1.29 is 4.92 Å². The van der Waals surface area contributed by atoms with E-state index < -0.39 is 0 Å². The first-order valence-electron chi connectivity index (χ1n) is 6.74. The zero-order chi connectivity index (χ0) is 12.5. The molecule has 6 nitrogen and oxygen atoms in total. The van der Waals surface area contributed by atoms with Crippen LogP contribution in [0.3, 0.4) is 0 Å². The Morgan fingerprint density at radius 3 is 2.44 bits per heavy atom. The molecule has 0 bridgehead atoms. The molecule has 1 aromatic rings. The summed E-state index contributed by atoms with van der Waals surface area (Å²) in [4.78, 5) is 13.0. The van der Waals surface area contributed by atoms with Crippen molar-refractivity contribution in [1.29, 1.82) is 0 Å². The lowest BCUT2D eigenvalue weighted by Crippen LogP contribution is -2.27. The Kier molecular flexibility index (Phi) is 2.93. The molecule has 2 fully saturated rings. The van der Waals surface area contributed by atoms with E-state index in [0.29, 0.717) is 6.04 Å². The molecule has 18 heavy (non-hydrogen) atoms. The van der Waals surface area contributed by atoms with Gasteiger partial charge in [0.15, 0.2) is 0 Å². The lowest BCUT2D eigenvalue weighted by molar-refractivity contribution is -0.384. The van der Waals surface area contributed by atoms with Gasteiger partial charge < -0.3 is 4.90 Å². The van der Waals surface area contributed by atoms with Gasteiger partial charge in [0.1, 0.15) is 6.20 Å². The minimum atomic E-state index is -0.299. The first-order chi connectivity index (χ1) is 8.77. The van der Waals surface area contributed by atoms with Crippen molar-refractivity contribution in [3.63, 3.8) is 0 Å². The smallest absolute Gasteiger partial charge is 0.331 e. The van der Waals surface area contributed by atoms with Crippen molar-refractivity contribution in [1.82, 2.24) is 9.78 Å². The van der Waals surface area contributed by atoms with E-state index in [1.54, 1.807) is 0 Å². The first-order valence-corrected chi connectivity index (χ1v) is 6.74. The lowest BCUT2D eigenvalue weighted by atomic mass is 10.2. The van der Waals surface area contributed by atoms with Gasteiger partial charge in [0.05, 0.1) is 11.0 Å². The highest BCUT2D eigenvalue weighted by molar-refractivity contribution is 5.58. The van der Waals surface area contributed by atoms with Crippen LogP contribution in [-0.2, 0) is 0 Å². The number of nitrogens with zero attached hydrogens (tertiary/aromatic N) is 4. The third-order valence-electron chi connectivity index (χ3n) is 3.75. The van der Waals surface area contributed by atoms with Crippen LogP contribution >= 0.6 is 0 Å². The van der Waals surface area contributed by atoms with Gasteiger partial charge in [0.2, 0.25) is 5.82 Å². The molecule has 3 rings (SSSR count). The monoisotopic (exact) mass is 250 g/mol. The fourth-order valence-electron chi connectivity index (χ4n) is 2.65. The number of hydrogen-bond acceptors (Lipinski definition) is 4. The second-order valence-electron chi connectivity index (χ2n) is 5.19. The van der Waals surface area contributed by atoms with Crippen LogP contribution in [0.4, 0.5) is 11.5 Å². The summed E-state index contributed by atoms with van der Waals surface area (Å²) in [5.41, 5.74) is 0.170. The maximum atomic E-state index is 11.1. The van der Waals surface area contributed by atoms with Crippen LogP contribution in [0.2, 0.25) is 0 Å². The molecule has 1 aliphatic carbocycles. The normalized spacial score (nSPS) is 20.8. The average molecular weight is 250 g/mol. The molecule has 0 amide bonds. The van der Waals surface area contributed by atoms with Gasteiger partial charge in [-0.15, -0.1) is 0 Å². The Bertz CT molecular complexity index is 445. The average Bonchev–Trinajstić information content (AvgIpc) is 3.14. The van der Waals surface area contributed by atoms with E-state index in [1.807, 2.05) is 4.68 Å². The van der Waals surface area contributed by atoms with Gasteiger partial charge in [-0.1, -0.05) is 12.8 Å². The molecule has 98 valence electrons. The number of nitro groups is 1. The largest absolute Gasteiger partial charge is 0.351 e. The second kappa shape index (κ2) is 4.59. The van der Waals surface area contributed by atoms with Gasteiger partial charge in [0, 0.05) is 13.1 Å². The van der Waals surface area contributed by atoms with Crippen LogP contribution < -0.4 is 4.90 Å². The van der Waals surface area contributed by atoms with E-state index in [1.165, 1.54) is 19.0 Å². The highest BCUT2D eigenvalue weighted by Crippen LogP contribution is 2.41. The fourth-order valence-corrected chi connectivity index (χ4v) is 2.65. The molecule has 0 atom stereocenters. The molecule has 0 spiro atoms. The molecule has 1 aliphatic heterocycles. The SMILES string of the molecule is O=[N+]([O-])c1cnn(C2CC2)c1N1CCCCCC1. The summed E-state index contributed by atoms with van der Waals surface area (Å²) in [7, 11) is 0. The third-order valence-corrected chi connectivity index (χ3v) is 3.75. The van der Waals surface area contributed by atoms with Gasteiger partial charge in [-0.2, -0.15) is 5.10 Å². The Morgan fingerprint density at radius 1 is 1.22 bits per heavy atom. The zero-order valence-corrected chi connectivity index (χ0v) is 10.4. The summed E-state index contributed by atoms with van der Waals surface area (Å²) in [6.07, 6.45) is 8.29. The Hall–Kier alpha value is -1.59. The molecule has 1 aromatic heterocycles. The number of hydrogen-bond donors (Lipinski definition) is 0. The molecule has 1 saturated heterocycles. The highest BCUT2D eigenvalue weighted by atomic mass is 16.6. The number of aromatic nitrogens is 2. The summed E-state index contributed by atoms with van der Waals surface area (Å²) in [5.74, 6) is 0.740. The Balaban J connectivity index is 1.95. The van der Waals surface area contributed by atoms with E-state index in [-0.39, 0.29) is 10.6 Å². The van der Waals surface area contributed by atoms with Gasteiger partial charge >= 0.3 is 5.69 Å². The summed E-state index contributed by atoms with van der Waals surface area (Å²) in [6.45, 7) is 1.83. The van der Waals surface area contributed by atoms with E-state index in [4.69, 9.17) is 0 Å². The zero-order valence-electron chi connectivity index (χ0n) is 10.4. The summed E-state index contributed by atoms with van der Waals surface area (Å²) in [6, 6.07) is 0.386. The standard InChI is InChI=1S/C12H18N4O2/c17-16(18)11-9-13-15(10-5-6-10)12(11)14-7-3-1-2-4-8-14/h9-10H,1-8H2. The van der Waals surface area contributed by atoms with Crippen LogP contribution in [0.1, 0.15) is 44.6 Å². The summed E-state index contributed by atoms with van der Waals surface area (Å²) in [5, 5.41) is 15.4. The quantitative estimate of drug-likeness (QED) is 0.610. The highest BCUT2D eigenvalue weighted by Gasteiger charge is 2.34. The third kappa shape index (κ3) is 2.07. The molecular weight excluding hydrogens is 232 g/mol. The predicted molar refractivity (Wildman–Crippen MR) is 67.8 cm³/mol. The Labute approximate surface area is 106 Å². The molecule has 6 heteroatoms. The van der Waals surface area contributed by atoms with Crippen LogP contribution in [0.25, 0.3) is 0 Å².